The fraction of sp³-hybridized carbons (Fsp3) is 0.167. The smallest absolute Gasteiger partial charge is 0.292 e. The maximum Gasteiger partial charge on any atom is 0.292 e. The third kappa shape index (κ3) is 4.78. The second-order valence-corrected chi connectivity index (χ2v) is 5.07. The molecule has 0 saturated carbocycles. The Balaban J connectivity index is 1.75. The molecule has 0 unspecified atom stereocenters. The molecule has 0 atom stereocenters. The summed E-state index contributed by atoms with van der Waals surface area (Å²) in [5, 5.41) is 5.17. The van der Waals surface area contributed by atoms with Crippen molar-refractivity contribution in [2.24, 2.45) is 0 Å². The lowest BCUT2D eigenvalue weighted by Gasteiger charge is -2.07. The van der Waals surface area contributed by atoms with Gasteiger partial charge in [-0.1, -0.05) is 48.0 Å². The molecular formula is C18H18N2O3. The molecule has 0 fully saturated rings. The molecule has 5 nitrogen and oxygen atoms in total. The average molecular weight is 310 g/mol. The van der Waals surface area contributed by atoms with Crippen LogP contribution in [0.25, 0.3) is 0 Å². The highest BCUT2D eigenvalue weighted by Gasteiger charge is 2.15. The first-order chi connectivity index (χ1) is 11.1. The van der Waals surface area contributed by atoms with Crippen molar-refractivity contribution in [1.82, 2.24) is 10.6 Å². The fourth-order valence-corrected chi connectivity index (χ4v) is 1.96. The van der Waals surface area contributed by atoms with Crippen LogP contribution in [0.1, 0.15) is 26.3 Å². The van der Waals surface area contributed by atoms with Crippen LogP contribution in [0, 0.1) is 6.92 Å². The van der Waals surface area contributed by atoms with Crippen molar-refractivity contribution in [3.63, 3.8) is 0 Å². The van der Waals surface area contributed by atoms with Crippen molar-refractivity contribution in [3.8, 4) is 0 Å². The molecule has 0 saturated heterocycles. The first-order valence-corrected chi connectivity index (χ1v) is 7.30. The summed E-state index contributed by atoms with van der Waals surface area (Å²) in [5.41, 5.74) is 1.92. The number of amides is 2. The highest BCUT2D eigenvalue weighted by atomic mass is 16.2. The number of nitrogens with one attached hydrogen (secondary N) is 2. The van der Waals surface area contributed by atoms with E-state index in [0.29, 0.717) is 11.1 Å². The van der Waals surface area contributed by atoms with E-state index < -0.39 is 11.7 Å². The molecule has 0 aliphatic carbocycles. The van der Waals surface area contributed by atoms with E-state index in [1.807, 2.05) is 13.0 Å². The lowest BCUT2D eigenvalue weighted by atomic mass is 10.1. The predicted molar refractivity (Wildman–Crippen MR) is 87.3 cm³/mol. The molecule has 0 spiro atoms. The molecule has 23 heavy (non-hydrogen) atoms. The number of rotatable bonds is 6. The first-order valence-electron chi connectivity index (χ1n) is 7.30. The summed E-state index contributed by atoms with van der Waals surface area (Å²) >= 11 is 0. The fourth-order valence-electron chi connectivity index (χ4n) is 1.96. The normalized spacial score (nSPS) is 9.96. The summed E-state index contributed by atoms with van der Waals surface area (Å²) in [6, 6.07) is 15.6. The molecule has 0 heterocycles. The number of Topliss-reactive ketones (excluding diaryl/α,β-unsaturated/α-hetero) is 1. The largest absolute Gasteiger partial charge is 0.350 e. The van der Waals surface area contributed by atoms with E-state index in [2.05, 4.69) is 10.6 Å². The van der Waals surface area contributed by atoms with E-state index in [4.69, 9.17) is 0 Å². The van der Waals surface area contributed by atoms with Gasteiger partial charge in [-0.25, -0.2) is 0 Å². The van der Waals surface area contributed by atoms with Gasteiger partial charge >= 0.3 is 0 Å². The Hall–Kier alpha value is -2.95. The minimum Gasteiger partial charge on any atom is -0.350 e. The number of carbonyl (C=O) groups excluding carboxylic acids is 3. The summed E-state index contributed by atoms with van der Waals surface area (Å²) in [7, 11) is 0. The zero-order chi connectivity index (χ0) is 16.7. The Morgan fingerprint density at radius 1 is 0.783 bits per heavy atom. The van der Waals surface area contributed by atoms with Crippen LogP contribution >= 0.6 is 0 Å². The second-order valence-electron chi connectivity index (χ2n) is 5.07. The number of benzene rings is 2. The Morgan fingerprint density at radius 3 is 2.04 bits per heavy atom. The van der Waals surface area contributed by atoms with Gasteiger partial charge in [0.1, 0.15) is 0 Å². The SMILES string of the molecule is Cc1ccc(C(=O)C(=O)NCCNC(=O)c2ccccc2)cc1. The molecule has 5 heteroatoms. The third-order valence-electron chi connectivity index (χ3n) is 3.25. The van der Waals surface area contributed by atoms with Crippen LogP contribution in [0.15, 0.2) is 54.6 Å². The second kappa shape index (κ2) is 7.89. The van der Waals surface area contributed by atoms with Crippen LogP contribution in [-0.2, 0) is 4.79 Å². The third-order valence-corrected chi connectivity index (χ3v) is 3.25. The van der Waals surface area contributed by atoms with E-state index >= 15 is 0 Å². The molecule has 0 bridgehead atoms. The van der Waals surface area contributed by atoms with Gasteiger partial charge in [-0.05, 0) is 19.1 Å². The molecule has 0 radical (unpaired) electrons. The summed E-state index contributed by atoms with van der Waals surface area (Å²) in [6.07, 6.45) is 0. The molecule has 2 amide bonds. The molecule has 0 aliphatic heterocycles. The molecule has 2 aromatic rings. The van der Waals surface area contributed by atoms with Crippen molar-refractivity contribution >= 4 is 17.6 Å². The van der Waals surface area contributed by atoms with Gasteiger partial charge in [-0.15, -0.1) is 0 Å². The van der Waals surface area contributed by atoms with Crippen LogP contribution in [0.5, 0.6) is 0 Å². The highest BCUT2D eigenvalue weighted by molar-refractivity contribution is 6.42. The molecule has 2 N–H and O–H groups in total. The van der Waals surface area contributed by atoms with E-state index in [-0.39, 0.29) is 19.0 Å². The summed E-state index contributed by atoms with van der Waals surface area (Å²) in [6.45, 7) is 2.35. The molecular weight excluding hydrogens is 292 g/mol. The van der Waals surface area contributed by atoms with Crippen molar-refractivity contribution in [2.75, 3.05) is 13.1 Å². The van der Waals surface area contributed by atoms with Gasteiger partial charge in [0.15, 0.2) is 0 Å². The number of hydrogen-bond acceptors (Lipinski definition) is 3. The minimum atomic E-state index is -0.678. The monoisotopic (exact) mass is 310 g/mol. The zero-order valence-electron chi connectivity index (χ0n) is 12.8. The van der Waals surface area contributed by atoms with E-state index in [1.165, 1.54) is 0 Å². The van der Waals surface area contributed by atoms with Gasteiger partial charge in [0.05, 0.1) is 0 Å². The lowest BCUT2D eigenvalue weighted by Crippen LogP contribution is -2.37. The summed E-state index contributed by atoms with van der Waals surface area (Å²) < 4.78 is 0. The van der Waals surface area contributed by atoms with Gasteiger partial charge in [0.25, 0.3) is 11.8 Å². The van der Waals surface area contributed by atoms with Crippen molar-refractivity contribution in [1.29, 1.82) is 0 Å². The van der Waals surface area contributed by atoms with Crippen molar-refractivity contribution in [3.05, 3.63) is 71.3 Å². The molecule has 2 rings (SSSR count). The zero-order valence-corrected chi connectivity index (χ0v) is 12.8. The van der Waals surface area contributed by atoms with Crippen LogP contribution in [0.2, 0.25) is 0 Å². The van der Waals surface area contributed by atoms with Crippen molar-refractivity contribution < 1.29 is 14.4 Å². The number of aryl methyl sites for hydroxylation is 1. The summed E-state index contributed by atoms with van der Waals surface area (Å²) in [4.78, 5) is 35.5. The Kier molecular flexibility index (Phi) is 5.63. The van der Waals surface area contributed by atoms with Crippen LogP contribution < -0.4 is 10.6 Å². The molecule has 2 aromatic carbocycles. The number of carbonyl (C=O) groups is 3. The Morgan fingerprint density at radius 2 is 1.39 bits per heavy atom. The van der Waals surface area contributed by atoms with Gasteiger partial charge in [0.2, 0.25) is 5.78 Å². The van der Waals surface area contributed by atoms with Gasteiger partial charge in [-0.3, -0.25) is 14.4 Å². The van der Waals surface area contributed by atoms with Crippen LogP contribution in [0.4, 0.5) is 0 Å². The van der Waals surface area contributed by atoms with Crippen LogP contribution in [0.3, 0.4) is 0 Å². The number of ketones is 1. The van der Waals surface area contributed by atoms with Gasteiger partial charge in [-0.2, -0.15) is 0 Å². The van der Waals surface area contributed by atoms with E-state index in [0.717, 1.165) is 5.56 Å². The maximum atomic E-state index is 11.9. The standard InChI is InChI=1S/C18H18N2O3/c1-13-7-9-14(10-8-13)16(21)18(23)20-12-11-19-17(22)15-5-3-2-4-6-15/h2-10H,11-12H2,1H3,(H,19,22)(H,20,23). The first kappa shape index (κ1) is 16.4. The molecule has 0 aliphatic rings. The minimum absolute atomic E-state index is 0.189. The van der Waals surface area contributed by atoms with Gasteiger partial charge < -0.3 is 10.6 Å². The van der Waals surface area contributed by atoms with Gasteiger partial charge in [0, 0.05) is 24.2 Å². The predicted octanol–water partition coefficient (Wildman–Crippen LogP) is 1.72. The maximum absolute atomic E-state index is 11.9. The van der Waals surface area contributed by atoms with Crippen LogP contribution in [-0.4, -0.2) is 30.7 Å². The average Bonchev–Trinajstić information content (AvgIpc) is 2.59. The van der Waals surface area contributed by atoms with Crippen molar-refractivity contribution in [2.45, 2.75) is 6.92 Å². The molecule has 118 valence electrons. The quantitative estimate of drug-likeness (QED) is 0.485. The highest BCUT2D eigenvalue weighted by Crippen LogP contribution is 2.04. The number of hydrogen-bond donors (Lipinski definition) is 2. The summed E-state index contributed by atoms with van der Waals surface area (Å²) in [5.74, 6) is -1.48. The topological polar surface area (TPSA) is 75.3 Å². The molecule has 0 aromatic heterocycles. The Bertz CT molecular complexity index is 694. The Labute approximate surface area is 134 Å². The van der Waals surface area contributed by atoms with E-state index in [1.54, 1.807) is 48.5 Å². The lowest BCUT2D eigenvalue weighted by molar-refractivity contribution is -0.116. The van der Waals surface area contributed by atoms with E-state index in [9.17, 15) is 14.4 Å².